The molecule has 0 saturated carbocycles. The maximum absolute atomic E-state index is 11.0. The summed E-state index contributed by atoms with van der Waals surface area (Å²) >= 11 is 0. The predicted molar refractivity (Wildman–Crippen MR) is 78.5 cm³/mol. The quantitative estimate of drug-likeness (QED) is 0.808. The topological polar surface area (TPSA) is 20.2 Å². The first-order chi connectivity index (χ1) is 9.13. The van der Waals surface area contributed by atoms with Crippen LogP contribution in [0.2, 0.25) is 0 Å². The average molecular weight is 250 g/mol. The second-order valence-electron chi connectivity index (χ2n) is 4.87. The van der Waals surface area contributed by atoms with Crippen molar-refractivity contribution in [2.24, 2.45) is 5.92 Å². The van der Waals surface area contributed by atoms with Crippen molar-refractivity contribution in [1.82, 2.24) is 0 Å². The van der Waals surface area contributed by atoms with Gasteiger partial charge in [0.25, 0.3) is 0 Å². The zero-order valence-corrected chi connectivity index (χ0v) is 11.3. The zero-order chi connectivity index (χ0) is 13.7. The molecule has 1 N–H and O–H groups in total. The lowest BCUT2D eigenvalue weighted by atomic mass is 9.86. The molecule has 0 atom stereocenters. The highest BCUT2D eigenvalue weighted by Crippen LogP contribution is 2.28. The van der Waals surface area contributed by atoms with E-state index in [0.717, 1.165) is 11.1 Å². The Hall–Kier alpha value is -2.04. The summed E-state index contributed by atoms with van der Waals surface area (Å²) < 4.78 is 0. The van der Waals surface area contributed by atoms with Crippen molar-refractivity contribution in [3.8, 4) is 11.8 Å². The minimum Gasteiger partial charge on any atom is -0.369 e. The first-order valence-corrected chi connectivity index (χ1v) is 6.49. The highest BCUT2D eigenvalue weighted by atomic mass is 16.3. The summed E-state index contributed by atoms with van der Waals surface area (Å²) in [5, 5.41) is 11.0. The van der Waals surface area contributed by atoms with Crippen molar-refractivity contribution in [2.75, 3.05) is 0 Å². The van der Waals surface area contributed by atoms with Crippen LogP contribution in [-0.2, 0) is 5.60 Å². The first kappa shape index (κ1) is 13.4. The van der Waals surface area contributed by atoms with E-state index in [0.29, 0.717) is 0 Å². The van der Waals surface area contributed by atoms with E-state index in [1.807, 2.05) is 74.5 Å². The van der Waals surface area contributed by atoms with E-state index in [4.69, 9.17) is 0 Å². The molecule has 0 fully saturated rings. The lowest BCUT2D eigenvalue weighted by Gasteiger charge is -2.23. The van der Waals surface area contributed by atoms with E-state index in [9.17, 15) is 5.11 Å². The monoisotopic (exact) mass is 250 g/mol. The molecule has 1 nitrogen and oxygen atoms in total. The molecule has 0 aliphatic heterocycles. The fourth-order valence-corrected chi connectivity index (χ4v) is 1.92. The van der Waals surface area contributed by atoms with Crippen LogP contribution in [0.1, 0.15) is 25.0 Å². The molecule has 0 radical (unpaired) electrons. The molecule has 0 aliphatic rings. The van der Waals surface area contributed by atoms with Crippen LogP contribution in [0, 0.1) is 17.8 Å². The van der Waals surface area contributed by atoms with Crippen LogP contribution in [0.5, 0.6) is 0 Å². The van der Waals surface area contributed by atoms with Crippen LogP contribution in [0.4, 0.5) is 0 Å². The van der Waals surface area contributed by atoms with Gasteiger partial charge < -0.3 is 5.11 Å². The van der Waals surface area contributed by atoms with Gasteiger partial charge in [0.1, 0.15) is 0 Å². The minimum absolute atomic E-state index is 0.221. The van der Waals surface area contributed by atoms with E-state index in [1.165, 1.54) is 0 Å². The lowest BCUT2D eigenvalue weighted by Crippen LogP contribution is -2.25. The van der Waals surface area contributed by atoms with E-state index >= 15 is 0 Å². The molecule has 0 aromatic heterocycles. The highest BCUT2D eigenvalue weighted by molar-refractivity contribution is 5.44. The van der Waals surface area contributed by atoms with Crippen molar-refractivity contribution in [1.29, 1.82) is 0 Å². The predicted octanol–water partition coefficient (Wildman–Crippen LogP) is 3.58. The van der Waals surface area contributed by atoms with Gasteiger partial charge in [-0.2, -0.15) is 0 Å². The third-order valence-corrected chi connectivity index (χ3v) is 2.92. The summed E-state index contributed by atoms with van der Waals surface area (Å²) in [7, 11) is 0. The molecule has 2 aromatic carbocycles. The van der Waals surface area contributed by atoms with Gasteiger partial charge in [0.2, 0.25) is 0 Å². The average Bonchev–Trinajstić information content (AvgIpc) is 2.46. The minimum atomic E-state index is -1.24. The van der Waals surface area contributed by atoms with Crippen LogP contribution in [0.3, 0.4) is 0 Å². The smallest absolute Gasteiger partial charge is 0.176 e. The molecule has 96 valence electrons. The maximum Gasteiger partial charge on any atom is 0.176 e. The standard InChI is InChI=1S/C18H18O/c1-15(2)13-14-18(19,16-9-5-3-6-10-16)17-11-7-4-8-12-17/h3-12,15,19H,1-2H3. The van der Waals surface area contributed by atoms with Crippen LogP contribution >= 0.6 is 0 Å². The molecule has 1 heteroatoms. The second-order valence-corrected chi connectivity index (χ2v) is 4.87. The van der Waals surface area contributed by atoms with Crippen molar-refractivity contribution >= 4 is 0 Å². The Morgan fingerprint density at radius 2 is 1.26 bits per heavy atom. The molecule has 0 bridgehead atoms. The van der Waals surface area contributed by atoms with Gasteiger partial charge in [0.15, 0.2) is 5.60 Å². The summed E-state index contributed by atoms with van der Waals surface area (Å²) in [5.41, 5.74) is 0.357. The normalized spacial score (nSPS) is 10.9. The number of hydrogen-bond acceptors (Lipinski definition) is 1. The fraction of sp³-hybridized carbons (Fsp3) is 0.222. The van der Waals surface area contributed by atoms with Gasteiger partial charge in [-0.05, 0) is 0 Å². The van der Waals surface area contributed by atoms with E-state index < -0.39 is 5.60 Å². The van der Waals surface area contributed by atoms with Crippen LogP contribution < -0.4 is 0 Å². The third-order valence-electron chi connectivity index (χ3n) is 2.92. The first-order valence-electron chi connectivity index (χ1n) is 6.49. The van der Waals surface area contributed by atoms with E-state index in [-0.39, 0.29) is 5.92 Å². The molecule has 0 aliphatic carbocycles. The van der Waals surface area contributed by atoms with Crippen molar-refractivity contribution in [3.63, 3.8) is 0 Å². The summed E-state index contributed by atoms with van der Waals surface area (Å²) in [5.74, 6) is 6.34. The van der Waals surface area contributed by atoms with Crippen molar-refractivity contribution < 1.29 is 5.11 Å². The summed E-state index contributed by atoms with van der Waals surface area (Å²) in [6.45, 7) is 4.03. The van der Waals surface area contributed by atoms with Crippen LogP contribution in [-0.4, -0.2) is 5.11 Å². The van der Waals surface area contributed by atoms with Gasteiger partial charge in [-0.25, -0.2) is 0 Å². The Kier molecular flexibility index (Phi) is 4.04. The molecule has 0 heterocycles. The Bertz CT molecular complexity index is 534. The Labute approximate surface area is 114 Å². The summed E-state index contributed by atoms with van der Waals surface area (Å²) in [6, 6.07) is 19.2. The molecular formula is C18H18O. The van der Waals surface area contributed by atoms with E-state index in [1.54, 1.807) is 0 Å². The van der Waals surface area contributed by atoms with E-state index in [2.05, 4.69) is 11.8 Å². The third kappa shape index (κ3) is 3.05. The lowest BCUT2D eigenvalue weighted by molar-refractivity contribution is 0.145. The number of benzene rings is 2. The van der Waals surface area contributed by atoms with Crippen LogP contribution in [0.15, 0.2) is 60.7 Å². The number of rotatable bonds is 2. The van der Waals surface area contributed by atoms with Crippen molar-refractivity contribution in [3.05, 3.63) is 71.8 Å². The largest absolute Gasteiger partial charge is 0.369 e. The Morgan fingerprint density at radius 1 is 0.842 bits per heavy atom. The Morgan fingerprint density at radius 3 is 1.63 bits per heavy atom. The molecule has 0 unspecified atom stereocenters. The fourth-order valence-electron chi connectivity index (χ4n) is 1.92. The highest BCUT2D eigenvalue weighted by Gasteiger charge is 2.28. The number of aliphatic hydroxyl groups is 1. The second kappa shape index (κ2) is 5.73. The van der Waals surface area contributed by atoms with Gasteiger partial charge in [0.05, 0.1) is 0 Å². The van der Waals surface area contributed by atoms with Gasteiger partial charge in [0, 0.05) is 17.0 Å². The number of hydrogen-bond donors (Lipinski definition) is 1. The van der Waals surface area contributed by atoms with Crippen molar-refractivity contribution in [2.45, 2.75) is 19.4 Å². The molecule has 0 spiro atoms. The van der Waals surface area contributed by atoms with Gasteiger partial charge in [-0.15, -0.1) is 0 Å². The summed E-state index contributed by atoms with van der Waals surface area (Å²) in [6.07, 6.45) is 0. The van der Waals surface area contributed by atoms with Gasteiger partial charge in [-0.1, -0.05) is 86.4 Å². The molecule has 19 heavy (non-hydrogen) atoms. The molecule has 0 amide bonds. The Balaban J connectivity index is 2.55. The van der Waals surface area contributed by atoms with Gasteiger partial charge in [-0.3, -0.25) is 0 Å². The van der Waals surface area contributed by atoms with Gasteiger partial charge >= 0.3 is 0 Å². The SMILES string of the molecule is CC(C)C#CC(O)(c1ccccc1)c1ccccc1. The maximum atomic E-state index is 11.0. The zero-order valence-electron chi connectivity index (χ0n) is 11.3. The molecule has 2 aromatic rings. The molecule has 2 rings (SSSR count). The molecule has 0 saturated heterocycles. The van der Waals surface area contributed by atoms with Crippen LogP contribution in [0.25, 0.3) is 0 Å². The summed E-state index contributed by atoms with van der Waals surface area (Å²) in [4.78, 5) is 0. The molecular weight excluding hydrogens is 232 g/mol.